The minimum Gasteiger partial charge on any atom is -0.372 e. The summed E-state index contributed by atoms with van der Waals surface area (Å²) in [5.41, 5.74) is 1.87. The van der Waals surface area contributed by atoms with Gasteiger partial charge < -0.3 is 4.90 Å². The highest BCUT2D eigenvalue weighted by Crippen LogP contribution is 2.25. The first-order chi connectivity index (χ1) is 12.1. The highest BCUT2D eigenvalue weighted by atomic mass is 32.2. The summed E-state index contributed by atoms with van der Waals surface area (Å²) in [7, 11) is -3.67. The number of rotatable bonds is 6. The molecule has 0 spiro atoms. The number of nitrogens with zero attached hydrogens (tertiary/aromatic N) is 3. The molecule has 5 nitrogen and oxygen atoms in total. The maximum absolute atomic E-state index is 12.9. The van der Waals surface area contributed by atoms with Crippen molar-refractivity contribution in [1.29, 1.82) is 0 Å². The molecule has 0 aliphatic heterocycles. The van der Waals surface area contributed by atoms with Gasteiger partial charge in [0.1, 0.15) is 0 Å². The van der Waals surface area contributed by atoms with Crippen LogP contribution in [0.2, 0.25) is 0 Å². The fourth-order valence-electron chi connectivity index (χ4n) is 2.80. The van der Waals surface area contributed by atoms with Crippen molar-refractivity contribution in [3.05, 3.63) is 67.0 Å². The van der Waals surface area contributed by atoms with Gasteiger partial charge in [-0.3, -0.25) is 0 Å². The van der Waals surface area contributed by atoms with Crippen molar-refractivity contribution >= 4 is 15.7 Å². The molecule has 0 bridgehead atoms. The molecule has 0 atom stereocenters. The summed E-state index contributed by atoms with van der Waals surface area (Å²) >= 11 is 0. The minimum absolute atomic E-state index is 0.244. The Labute approximate surface area is 148 Å². The number of hydrogen-bond acceptors (Lipinski definition) is 4. The maximum Gasteiger partial charge on any atom is 0.269 e. The number of imidazole rings is 1. The van der Waals surface area contributed by atoms with E-state index in [1.54, 1.807) is 30.3 Å². The summed E-state index contributed by atoms with van der Waals surface area (Å²) in [6, 6.07) is 16.2. The smallest absolute Gasteiger partial charge is 0.269 e. The molecule has 0 aliphatic carbocycles. The van der Waals surface area contributed by atoms with Gasteiger partial charge in [-0.25, -0.2) is 17.4 Å². The van der Waals surface area contributed by atoms with E-state index in [0.717, 1.165) is 24.3 Å². The highest BCUT2D eigenvalue weighted by molar-refractivity contribution is 7.90. The monoisotopic (exact) mass is 355 g/mol. The third-order valence-electron chi connectivity index (χ3n) is 4.16. The van der Waals surface area contributed by atoms with Crippen molar-refractivity contribution in [1.82, 2.24) is 8.96 Å². The lowest BCUT2D eigenvalue weighted by Gasteiger charge is -2.21. The Morgan fingerprint density at radius 1 is 0.960 bits per heavy atom. The molecule has 0 saturated heterocycles. The van der Waals surface area contributed by atoms with E-state index >= 15 is 0 Å². The van der Waals surface area contributed by atoms with Gasteiger partial charge in [-0.05, 0) is 50.2 Å². The molecule has 0 saturated carbocycles. The average Bonchev–Trinajstić information content (AvgIpc) is 3.15. The van der Waals surface area contributed by atoms with Crippen molar-refractivity contribution in [2.24, 2.45) is 0 Å². The van der Waals surface area contributed by atoms with Gasteiger partial charge in [-0.2, -0.15) is 0 Å². The number of aromatic nitrogens is 2. The minimum atomic E-state index is -3.67. The first-order valence-corrected chi connectivity index (χ1v) is 9.71. The predicted molar refractivity (Wildman–Crippen MR) is 100 cm³/mol. The van der Waals surface area contributed by atoms with Crippen molar-refractivity contribution in [3.63, 3.8) is 0 Å². The molecule has 3 aromatic rings. The predicted octanol–water partition coefficient (Wildman–Crippen LogP) is 3.63. The topological polar surface area (TPSA) is 55.2 Å². The van der Waals surface area contributed by atoms with Crippen LogP contribution >= 0.6 is 0 Å². The van der Waals surface area contributed by atoms with Gasteiger partial charge in [0.15, 0.2) is 5.82 Å². The van der Waals surface area contributed by atoms with Gasteiger partial charge in [0.05, 0.1) is 4.90 Å². The van der Waals surface area contributed by atoms with E-state index in [2.05, 4.69) is 23.7 Å². The second-order valence-corrected chi connectivity index (χ2v) is 7.40. The molecule has 130 valence electrons. The zero-order valence-corrected chi connectivity index (χ0v) is 15.1. The fraction of sp³-hybridized carbons (Fsp3) is 0.211. The van der Waals surface area contributed by atoms with E-state index in [0.29, 0.717) is 5.82 Å². The van der Waals surface area contributed by atoms with Crippen LogP contribution in [-0.2, 0) is 10.0 Å². The number of anilines is 1. The van der Waals surface area contributed by atoms with E-state index in [1.807, 2.05) is 24.3 Å². The zero-order chi connectivity index (χ0) is 17.9. The molecular formula is C19H21N3O2S. The van der Waals surface area contributed by atoms with Gasteiger partial charge in [-0.15, -0.1) is 0 Å². The van der Waals surface area contributed by atoms with Crippen LogP contribution in [0.1, 0.15) is 13.8 Å². The van der Waals surface area contributed by atoms with E-state index < -0.39 is 10.0 Å². The SMILES string of the molecule is CCN(CC)c1ccc(-c2nccn2S(=O)(=O)c2ccccc2)cc1. The Bertz CT molecular complexity index is 928. The van der Waals surface area contributed by atoms with E-state index in [9.17, 15) is 8.42 Å². The third-order valence-corrected chi connectivity index (χ3v) is 5.84. The van der Waals surface area contributed by atoms with Gasteiger partial charge in [-0.1, -0.05) is 18.2 Å². The third kappa shape index (κ3) is 3.30. The van der Waals surface area contributed by atoms with Crippen LogP contribution in [0.25, 0.3) is 11.4 Å². The summed E-state index contributed by atoms with van der Waals surface area (Å²) in [5.74, 6) is 0.412. The summed E-state index contributed by atoms with van der Waals surface area (Å²) in [4.78, 5) is 6.74. The van der Waals surface area contributed by atoms with Crippen LogP contribution in [0.3, 0.4) is 0 Å². The Balaban J connectivity index is 2.00. The molecule has 0 radical (unpaired) electrons. The summed E-state index contributed by atoms with van der Waals surface area (Å²) in [6.07, 6.45) is 2.99. The van der Waals surface area contributed by atoms with Crippen LogP contribution in [0.4, 0.5) is 5.69 Å². The lowest BCUT2D eigenvalue weighted by molar-refractivity contribution is 0.588. The molecule has 6 heteroatoms. The summed E-state index contributed by atoms with van der Waals surface area (Å²) in [6.45, 7) is 6.06. The fourth-order valence-corrected chi connectivity index (χ4v) is 4.13. The average molecular weight is 355 g/mol. The second kappa shape index (κ2) is 7.11. The van der Waals surface area contributed by atoms with Crippen molar-refractivity contribution in [2.45, 2.75) is 18.7 Å². The van der Waals surface area contributed by atoms with E-state index in [4.69, 9.17) is 0 Å². The van der Waals surface area contributed by atoms with Crippen molar-refractivity contribution in [3.8, 4) is 11.4 Å². The molecule has 1 aromatic heterocycles. The lowest BCUT2D eigenvalue weighted by Crippen LogP contribution is -2.21. The number of hydrogen-bond donors (Lipinski definition) is 0. The molecule has 0 unspecified atom stereocenters. The quantitative estimate of drug-likeness (QED) is 0.677. The Morgan fingerprint density at radius 3 is 2.20 bits per heavy atom. The first kappa shape index (κ1) is 17.2. The molecule has 0 amide bonds. The molecule has 2 aromatic carbocycles. The van der Waals surface area contributed by atoms with Crippen LogP contribution in [0, 0.1) is 0 Å². The Morgan fingerprint density at radius 2 is 1.60 bits per heavy atom. The van der Waals surface area contributed by atoms with Gasteiger partial charge in [0.2, 0.25) is 0 Å². The van der Waals surface area contributed by atoms with Crippen molar-refractivity contribution < 1.29 is 8.42 Å². The first-order valence-electron chi connectivity index (χ1n) is 8.27. The van der Waals surface area contributed by atoms with Gasteiger partial charge >= 0.3 is 0 Å². The second-order valence-electron chi connectivity index (χ2n) is 5.58. The Kier molecular flexibility index (Phi) is 4.90. The summed E-state index contributed by atoms with van der Waals surface area (Å²) < 4.78 is 27.0. The molecule has 0 aliphatic rings. The van der Waals surface area contributed by atoms with Gasteiger partial charge in [0.25, 0.3) is 10.0 Å². The van der Waals surface area contributed by atoms with Crippen LogP contribution in [-0.4, -0.2) is 30.5 Å². The number of benzene rings is 2. The standard InChI is InChI=1S/C19H21N3O2S/c1-3-21(4-2)17-12-10-16(11-13-17)19-20-14-15-22(19)25(23,24)18-8-6-5-7-9-18/h5-15H,3-4H2,1-2H3. The molecular weight excluding hydrogens is 334 g/mol. The molecule has 25 heavy (non-hydrogen) atoms. The lowest BCUT2D eigenvalue weighted by atomic mass is 10.2. The largest absolute Gasteiger partial charge is 0.372 e. The van der Waals surface area contributed by atoms with E-state index in [1.165, 1.54) is 16.4 Å². The van der Waals surface area contributed by atoms with Gasteiger partial charge in [0, 0.05) is 36.7 Å². The van der Waals surface area contributed by atoms with Crippen LogP contribution in [0.5, 0.6) is 0 Å². The maximum atomic E-state index is 12.9. The highest BCUT2D eigenvalue weighted by Gasteiger charge is 2.20. The zero-order valence-electron chi connectivity index (χ0n) is 14.3. The Hall–Kier alpha value is -2.60. The summed E-state index contributed by atoms with van der Waals surface area (Å²) in [5, 5.41) is 0. The molecule has 1 heterocycles. The molecule has 0 fully saturated rings. The molecule has 3 rings (SSSR count). The van der Waals surface area contributed by atoms with E-state index in [-0.39, 0.29) is 4.90 Å². The normalized spacial score (nSPS) is 11.4. The van der Waals surface area contributed by atoms with Crippen LogP contribution in [0.15, 0.2) is 71.9 Å². The van der Waals surface area contributed by atoms with Crippen LogP contribution < -0.4 is 4.90 Å². The molecule has 0 N–H and O–H groups in total. The van der Waals surface area contributed by atoms with Crippen molar-refractivity contribution in [2.75, 3.05) is 18.0 Å².